The second-order valence-corrected chi connectivity index (χ2v) is 3.63. The monoisotopic (exact) mass is 186 g/mol. The zero-order valence-corrected chi connectivity index (χ0v) is 8.66. The van der Waals surface area contributed by atoms with Crippen molar-refractivity contribution in [3.63, 3.8) is 0 Å². The number of hydrogen-bond acceptors (Lipinski definition) is 2. The average Bonchev–Trinajstić information content (AvgIpc) is 2.10. The third kappa shape index (κ3) is 7.86. The molecule has 0 amide bonds. The highest BCUT2D eigenvalue weighted by Gasteiger charge is 1.94. The average molecular weight is 186 g/mol. The molecule has 0 radical (unpaired) electrons. The standard InChI is InChI=1S/C10H18OS/c1-2-3-4-5-6-7-8-10(12)9-11/h9H,2-8H2,1H3. The Morgan fingerprint density at radius 1 is 1.17 bits per heavy atom. The predicted octanol–water partition coefficient (Wildman–Crippen LogP) is 3.31. The van der Waals surface area contributed by atoms with Crippen molar-refractivity contribution in [2.45, 2.75) is 51.9 Å². The molecular weight excluding hydrogens is 168 g/mol. The van der Waals surface area contributed by atoms with Gasteiger partial charge in [-0.05, 0) is 12.8 Å². The van der Waals surface area contributed by atoms with Gasteiger partial charge in [0.1, 0.15) is 0 Å². The summed E-state index contributed by atoms with van der Waals surface area (Å²) >= 11 is 4.79. The summed E-state index contributed by atoms with van der Waals surface area (Å²) in [5.41, 5.74) is 0. The molecule has 0 saturated carbocycles. The number of carbonyl (C=O) groups is 1. The van der Waals surface area contributed by atoms with Crippen LogP contribution < -0.4 is 0 Å². The van der Waals surface area contributed by atoms with Crippen molar-refractivity contribution in [1.29, 1.82) is 0 Å². The summed E-state index contributed by atoms with van der Waals surface area (Å²) in [7, 11) is 0. The number of carbonyl (C=O) groups excluding carboxylic acids is 1. The summed E-state index contributed by atoms with van der Waals surface area (Å²) in [4.78, 5) is 10.7. The first-order valence-corrected chi connectivity index (χ1v) is 5.20. The Labute approximate surface area is 80.5 Å². The van der Waals surface area contributed by atoms with Crippen LogP contribution in [0.15, 0.2) is 0 Å². The lowest BCUT2D eigenvalue weighted by atomic mass is 10.1. The second kappa shape index (κ2) is 8.85. The molecule has 0 unspecified atom stereocenters. The zero-order chi connectivity index (χ0) is 9.23. The van der Waals surface area contributed by atoms with Gasteiger partial charge in [-0.1, -0.05) is 51.2 Å². The summed E-state index contributed by atoms with van der Waals surface area (Å²) in [6.45, 7) is 2.21. The number of hydrogen-bond donors (Lipinski definition) is 0. The highest BCUT2D eigenvalue weighted by molar-refractivity contribution is 7.81. The first-order valence-electron chi connectivity index (χ1n) is 4.79. The van der Waals surface area contributed by atoms with Crippen LogP contribution in [-0.2, 0) is 4.79 Å². The van der Waals surface area contributed by atoms with E-state index in [4.69, 9.17) is 12.2 Å². The Morgan fingerprint density at radius 2 is 1.75 bits per heavy atom. The molecule has 0 atom stereocenters. The normalized spacial score (nSPS) is 9.75. The van der Waals surface area contributed by atoms with Crippen LogP contribution in [0.3, 0.4) is 0 Å². The third-order valence-corrected chi connectivity index (χ3v) is 2.21. The van der Waals surface area contributed by atoms with E-state index in [1.54, 1.807) is 0 Å². The minimum atomic E-state index is 0.575. The van der Waals surface area contributed by atoms with Crippen molar-refractivity contribution in [2.75, 3.05) is 0 Å². The van der Waals surface area contributed by atoms with Crippen molar-refractivity contribution >= 4 is 23.4 Å². The van der Waals surface area contributed by atoms with E-state index >= 15 is 0 Å². The largest absolute Gasteiger partial charge is 0.297 e. The Bertz CT molecular complexity index is 132. The van der Waals surface area contributed by atoms with Gasteiger partial charge in [0.05, 0.1) is 4.86 Å². The predicted molar refractivity (Wildman–Crippen MR) is 56.7 cm³/mol. The molecule has 0 spiro atoms. The van der Waals surface area contributed by atoms with Crippen molar-refractivity contribution in [1.82, 2.24) is 0 Å². The Hall–Kier alpha value is -0.240. The maximum Gasteiger partial charge on any atom is 0.156 e. The van der Waals surface area contributed by atoms with E-state index < -0.39 is 0 Å². The molecule has 0 fully saturated rings. The third-order valence-electron chi connectivity index (χ3n) is 1.91. The van der Waals surface area contributed by atoms with Crippen molar-refractivity contribution in [2.24, 2.45) is 0 Å². The number of rotatable bonds is 8. The van der Waals surface area contributed by atoms with Gasteiger partial charge in [-0.15, -0.1) is 0 Å². The fourth-order valence-corrected chi connectivity index (χ4v) is 1.28. The van der Waals surface area contributed by atoms with E-state index in [-0.39, 0.29) is 0 Å². The Kier molecular flexibility index (Phi) is 8.68. The van der Waals surface area contributed by atoms with E-state index in [2.05, 4.69) is 6.92 Å². The Morgan fingerprint density at radius 3 is 2.33 bits per heavy atom. The lowest BCUT2D eigenvalue weighted by Gasteiger charge is -1.98. The second-order valence-electron chi connectivity index (χ2n) is 3.10. The van der Waals surface area contributed by atoms with Gasteiger partial charge in [-0.2, -0.15) is 0 Å². The van der Waals surface area contributed by atoms with Crippen LogP contribution in [-0.4, -0.2) is 11.2 Å². The molecule has 0 N–H and O–H groups in total. The SMILES string of the molecule is CCCCCCCCC(=S)C=O. The van der Waals surface area contributed by atoms with E-state index in [0.29, 0.717) is 4.86 Å². The molecule has 0 rings (SSSR count). The number of aldehydes is 1. The minimum absolute atomic E-state index is 0.575. The molecule has 0 aromatic rings. The lowest BCUT2D eigenvalue weighted by molar-refractivity contribution is -0.102. The zero-order valence-electron chi connectivity index (χ0n) is 7.84. The maximum atomic E-state index is 10.1. The number of thiocarbonyl (C=S) groups is 1. The molecule has 0 heterocycles. The fourth-order valence-electron chi connectivity index (χ4n) is 1.14. The summed E-state index contributed by atoms with van der Waals surface area (Å²) in [6, 6.07) is 0. The molecule has 12 heavy (non-hydrogen) atoms. The van der Waals surface area contributed by atoms with E-state index in [1.807, 2.05) is 0 Å². The van der Waals surface area contributed by atoms with Gasteiger partial charge in [-0.3, -0.25) is 4.79 Å². The van der Waals surface area contributed by atoms with Gasteiger partial charge in [0.15, 0.2) is 6.29 Å². The van der Waals surface area contributed by atoms with Gasteiger partial charge in [0.25, 0.3) is 0 Å². The lowest BCUT2D eigenvalue weighted by Crippen LogP contribution is -1.94. The van der Waals surface area contributed by atoms with Crippen LogP contribution in [0.2, 0.25) is 0 Å². The molecule has 1 nitrogen and oxygen atoms in total. The Balaban J connectivity index is 3.00. The molecule has 0 aliphatic carbocycles. The molecule has 2 heteroatoms. The molecule has 0 aliphatic rings. The fraction of sp³-hybridized carbons (Fsp3) is 0.800. The van der Waals surface area contributed by atoms with Crippen molar-refractivity contribution < 1.29 is 4.79 Å². The van der Waals surface area contributed by atoms with E-state index in [1.165, 1.54) is 32.1 Å². The first-order chi connectivity index (χ1) is 5.81. The summed E-state index contributed by atoms with van der Waals surface area (Å²) in [5.74, 6) is 0. The van der Waals surface area contributed by atoms with Crippen molar-refractivity contribution in [3.05, 3.63) is 0 Å². The molecule has 0 saturated heterocycles. The molecule has 70 valence electrons. The topological polar surface area (TPSA) is 17.1 Å². The number of unbranched alkanes of at least 4 members (excludes halogenated alkanes) is 5. The van der Waals surface area contributed by atoms with Gasteiger partial charge >= 0.3 is 0 Å². The molecule has 0 aromatic heterocycles. The van der Waals surface area contributed by atoms with Crippen LogP contribution >= 0.6 is 12.2 Å². The molecule has 0 bridgehead atoms. The van der Waals surface area contributed by atoms with Crippen LogP contribution in [0, 0.1) is 0 Å². The van der Waals surface area contributed by atoms with Crippen LogP contribution in [0.1, 0.15) is 51.9 Å². The maximum absolute atomic E-state index is 10.1. The highest BCUT2D eigenvalue weighted by atomic mass is 32.1. The smallest absolute Gasteiger partial charge is 0.156 e. The summed E-state index contributed by atoms with van der Waals surface area (Å²) < 4.78 is 0. The first kappa shape index (κ1) is 11.8. The van der Waals surface area contributed by atoms with Crippen LogP contribution in [0.25, 0.3) is 0 Å². The van der Waals surface area contributed by atoms with Gasteiger partial charge < -0.3 is 0 Å². The molecular formula is C10H18OS. The highest BCUT2D eigenvalue weighted by Crippen LogP contribution is 2.06. The quantitative estimate of drug-likeness (QED) is 0.329. The summed E-state index contributed by atoms with van der Waals surface area (Å²) in [6.07, 6.45) is 9.13. The van der Waals surface area contributed by atoms with Gasteiger partial charge in [-0.25, -0.2) is 0 Å². The molecule has 0 aromatic carbocycles. The molecule has 0 aliphatic heterocycles. The van der Waals surface area contributed by atoms with Crippen LogP contribution in [0.4, 0.5) is 0 Å². The van der Waals surface area contributed by atoms with Gasteiger partial charge in [0.2, 0.25) is 0 Å². The van der Waals surface area contributed by atoms with Crippen molar-refractivity contribution in [3.8, 4) is 0 Å². The van der Waals surface area contributed by atoms with E-state index in [0.717, 1.165) is 19.1 Å². The van der Waals surface area contributed by atoms with Crippen LogP contribution in [0.5, 0.6) is 0 Å². The van der Waals surface area contributed by atoms with Gasteiger partial charge in [0, 0.05) is 0 Å². The minimum Gasteiger partial charge on any atom is -0.297 e. The summed E-state index contributed by atoms with van der Waals surface area (Å²) in [5, 5.41) is 0. The van der Waals surface area contributed by atoms with E-state index in [9.17, 15) is 4.79 Å².